The second-order valence-corrected chi connectivity index (χ2v) is 6.06. The molecule has 0 aromatic carbocycles. The molecule has 0 bridgehead atoms. The molecule has 4 heteroatoms. The number of hydrogen-bond acceptors (Lipinski definition) is 3. The molecule has 0 spiro atoms. The minimum Gasteiger partial charge on any atom is -0.342 e. The SMILES string of the molecule is CN(CC(=O)N1CCCCCCC1)C1CCCNC1. The fourth-order valence-electron chi connectivity index (χ4n) is 3.15. The zero-order valence-corrected chi connectivity index (χ0v) is 12.4. The molecule has 1 atom stereocenters. The number of nitrogens with zero attached hydrogens (tertiary/aromatic N) is 2. The van der Waals surface area contributed by atoms with Crippen LogP contribution in [0.15, 0.2) is 0 Å². The zero-order valence-electron chi connectivity index (χ0n) is 12.4. The molecule has 19 heavy (non-hydrogen) atoms. The van der Waals surface area contributed by atoms with Crippen molar-refractivity contribution in [3.63, 3.8) is 0 Å². The molecule has 0 aromatic rings. The number of likely N-dealkylation sites (N-methyl/N-ethyl adjacent to an activating group) is 1. The lowest BCUT2D eigenvalue weighted by atomic mass is 10.1. The molecule has 0 radical (unpaired) electrons. The number of piperidine rings is 1. The maximum absolute atomic E-state index is 12.4. The molecule has 2 rings (SSSR count). The number of rotatable bonds is 3. The van der Waals surface area contributed by atoms with E-state index in [1.807, 2.05) is 0 Å². The van der Waals surface area contributed by atoms with Gasteiger partial charge in [-0.15, -0.1) is 0 Å². The summed E-state index contributed by atoms with van der Waals surface area (Å²) in [7, 11) is 2.10. The molecule has 110 valence electrons. The Labute approximate surface area is 117 Å². The number of hydrogen-bond donors (Lipinski definition) is 1. The van der Waals surface area contributed by atoms with Crippen LogP contribution in [0.4, 0.5) is 0 Å². The first kappa shape index (κ1) is 14.8. The Morgan fingerprint density at radius 2 is 1.84 bits per heavy atom. The standard InChI is InChI=1S/C15H29N3O/c1-17(14-8-7-9-16-12-14)13-15(19)18-10-5-3-2-4-6-11-18/h14,16H,2-13H2,1H3. The highest BCUT2D eigenvalue weighted by molar-refractivity contribution is 5.78. The number of carbonyl (C=O) groups excluding carboxylic acids is 1. The van der Waals surface area contributed by atoms with E-state index in [0.717, 1.165) is 26.2 Å². The molecule has 1 N–H and O–H groups in total. The average molecular weight is 267 g/mol. The smallest absolute Gasteiger partial charge is 0.236 e. The molecule has 2 saturated heterocycles. The number of nitrogens with one attached hydrogen (secondary N) is 1. The largest absolute Gasteiger partial charge is 0.342 e. The van der Waals surface area contributed by atoms with Gasteiger partial charge in [-0.3, -0.25) is 9.69 Å². The Morgan fingerprint density at radius 3 is 2.47 bits per heavy atom. The molecule has 1 unspecified atom stereocenters. The first-order chi connectivity index (χ1) is 9.27. The van der Waals surface area contributed by atoms with E-state index in [-0.39, 0.29) is 0 Å². The van der Waals surface area contributed by atoms with E-state index in [4.69, 9.17) is 0 Å². The maximum atomic E-state index is 12.4. The topological polar surface area (TPSA) is 35.6 Å². The van der Waals surface area contributed by atoms with Crippen molar-refractivity contribution in [1.82, 2.24) is 15.1 Å². The fourth-order valence-corrected chi connectivity index (χ4v) is 3.15. The van der Waals surface area contributed by atoms with Crippen molar-refractivity contribution in [3.8, 4) is 0 Å². The highest BCUT2D eigenvalue weighted by atomic mass is 16.2. The van der Waals surface area contributed by atoms with Gasteiger partial charge in [0.15, 0.2) is 0 Å². The molecule has 0 aromatic heterocycles. The summed E-state index contributed by atoms with van der Waals surface area (Å²) in [6.07, 6.45) is 8.72. The summed E-state index contributed by atoms with van der Waals surface area (Å²) >= 11 is 0. The van der Waals surface area contributed by atoms with Gasteiger partial charge in [0.2, 0.25) is 5.91 Å². The minimum atomic E-state index is 0.329. The van der Waals surface area contributed by atoms with Crippen molar-refractivity contribution in [2.45, 2.75) is 51.0 Å². The molecular weight excluding hydrogens is 238 g/mol. The summed E-state index contributed by atoms with van der Waals surface area (Å²) in [4.78, 5) is 16.7. The van der Waals surface area contributed by atoms with Gasteiger partial charge in [-0.1, -0.05) is 19.3 Å². The Balaban J connectivity index is 1.77. The lowest BCUT2D eigenvalue weighted by molar-refractivity contribution is -0.133. The zero-order chi connectivity index (χ0) is 13.5. The maximum Gasteiger partial charge on any atom is 0.236 e. The van der Waals surface area contributed by atoms with Crippen LogP contribution in [0.25, 0.3) is 0 Å². The van der Waals surface area contributed by atoms with Gasteiger partial charge in [0.25, 0.3) is 0 Å². The molecule has 2 aliphatic heterocycles. The Bertz CT molecular complexity index is 269. The number of carbonyl (C=O) groups is 1. The van der Waals surface area contributed by atoms with Gasteiger partial charge in [-0.05, 0) is 39.3 Å². The predicted molar refractivity (Wildman–Crippen MR) is 78.2 cm³/mol. The van der Waals surface area contributed by atoms with Crippen molar-refractivity contribution in [2.75, 3.05) is 39.8 Å². The summed E-state index contributed by atoms with van der Waals surface area (Å²) in [5.74, 6) is 0.329. The van der Waals surface area contributed by atoms with Crippen molar-refractivity contribution >= 4 is 5.91 Å². The summed E-state index contributed by atoms with van der Waals surface area (Å²) in [5.41, 5.74) is 0. The van der Waals surface area contributed by atoms with E-state index in [9.17, 15) is 4.79 Å². The summed E-state index contributed by atoms with van der Waals surface area (Å²) < 4.78 is 0. The van der Waals surface area contributed by atoms with Gasteiger partial charge in [0.05, 0.1) is 6.54 Å². The van der Waals surface area contributed by atoms with Gasteiger partial charge in [-0.2, -0.15) is 0 Å². The van der Waals surface area contributed by atoms with E-state index in [1.165, 1.54) is 44.9 Å². The second kappa shape index (κ2) is 7.85. The van der Waals surface area contributed by atoms with Crippen LogP contribution in [0.5, 0.6) is 0 Å². The normalized spacial score (nSPS) is 26.0. The lowest BCUT2D eigenvalue weighted by Gasteiger charge is -2.33. The first-order valence-corrected chi connectivity index (χ1v) is 7.96. The van der Waals surface area contributed by atoms with Gasteiger partial charge in [0.1, 0.15) is 0 Å². The van der Waals surface area contributed by atoms with Gasteiger partial charge < -0.3 is 10.2 Å². The van der Waals surface area contributed by atoms with Crippen molar-refractivity contribution in [3.05, 3.63) is 0 Å². The molecular formula is C15H29N3O. The molecule has 0 saturated carbocycles. The summed E-state index contributed by atoms with van der Waals surface area (Å²) in [6.45, 7) is 4.69. The van der Waals surface area contributed by atoms with E-state index in [0.29, 0.717) is 18.5 Å². The van der Waals surface area contributed by atoms with Gasteiger partial charge in [0, 0.05) is 25.7 Å². The van der Waals surface area contributed by atoms with Gasteiger partial charge >= 0.3 is 0 Å². The van der Waals surface area contributed by atoms with Crippen LogP contribution < -0.4 is 5.32 Å². The van der Waals surface area contributed by atoms with Crippen LogP contribution in [0, 0.1) is 0 Å². The summed E-state index contributed by atoms with van der Waals surface area (Å²) in [6, 6.07) is 0.535. The predicted octanol–water partition coefficient (Wildman–Crippen LogP) is 1.46. The number of likely N-dealkylation sites (tertiary alicyclic amines) is 1. The Hall–Kier alpha value is -0.610. The average Bonchev–Trinajstić information content (AvgIpc) is 2.39. The van der Waals surface area contributed by atoms with Crippen molar-refractivity contribution in [2.24, 2.45) is 0 Å². The molecule has 2 aliphatic rings. The summed E-state index contributed by atoms with van der Waals surface area (Å²) in [5, 5.41) is 3.42. The van der Waals surface area contributed by atoms with E-state index in [2.05, 4.69) is 22.2 Å². The van der Waals surface area contributed by atoms with E-state index >= 15 is 0 Å². The van der Waals surface area contributed by atoms with Crippen molar-refractivity contribution in [1.29, 1.82) is 0 Å². The highest BCUT2D eigenvalue weighted by Gasteiger charge is 2.22. The molecule has 4 nitrogen and oxygen atoms in total. The van der Waals surface area contributed by atoms with Crippen LogP contribution in [-0.4, -0.2) is 61.5 Å². The van der Waals surface area contributed by atoms with Crippen molar-refractivity contribution < 1.29 is 4.79 Å². The third kappa shape index (κ3) is 4.77. The quantitative estimate of drug-likeness (QED) is 0.841. The second-order valence-electron chi connectivity index (χ2n) is 6.06. The molecule has 2 heterocycles. The van der Waals surface area contributed by atoms with E-state index in [1.54, 1.807) is 0 Å². The van der Waals surface area contributed by atoms with Crippen LogP contribution >= 0.6 is 0 Å². The van der Waals surface area contributed by atoms with Crippen LogP contribution in [-0.2, 0) is 4.79 Å². The fraction of sp³-hybridized carbons (Fsp3) is 0.933. The van der Waals surface area contributed by atoms with Crippen LogP contribution in [0.1, 0.15) is 44.9 Å². The molecule has 1 amide bonds. The van der Waals surface area contributed by atoms with E-state index < -0.39 is 0 Å². The monoisotopic (exact) mass is 267 g/mol. The molecule has 0 aliphatic carbocycles. The third-order valence-corrected chi connectivity index (χ3v) is 4.49. The first-order valence-electron chi connectivity index (χ1n) is 7.96. The lowest BCUT2D eigenvalue weighted by Crippen LogP contribution is -2.48. The Morgan fingerprint density at radius 1 is 1.16 bits per heavy atom. The van der Waals surface area contributed by atoms with Crippen LogP contribution in [0.3, 0.4) is 0 Å². The Kier molecular flexibility index (Phi) is 6.11. The van der Waals surface area contributed by atoms with Gasteiger partial charge in [-0.25, -0.2) is 0 Å². The number of amides is 1. The molecule has 2 fully saturated rings. The van der Waals surface area contributed by atoms with Crippen LogP contribution in [0.2, 0.25) is 0 Å². The highest BCUT2D eigenvalue weighted by Crippen LogP contribution is 2.12. The minimum absolute atomic E-state index is 0.329. The third-order valence-electron chi connectivity index (χ3n) is 4.49.